The Morgan fingerprint density at radius 2 is 1.61 bits per heavy atom. The van der Waals surface area contributed by atoms with Crippen LogP contribution in [0.3, 0.4) is 0 Å². The minimum Gasteiger partial charge on any atom is -0.493 e. The number of guanidine groups is 1. The molecule has 2 fully saturated rings. The minimum absolute atomic E-state index is 0. The van der Waals surface area contributed by atoms with Crippen LogP contribution in [0.1, 0.15) is 38.2 Å². The monoisotopic (exact) mass is 503 g/mol. The standard InChI is InChI=1S/C21H33N3O3.HI/c1-5-22-21(24-13-16-8-6-7-9-17(16)14-24)23-12-15-10-18(25-2)20(27-4)19(11-15)26-3;/h10-11,16-17H,5-9,12-14H2,1-4H3,(H,22,23);1H. The molecule has 0 aromatic heterocycles. The van der Waals surface area contributed by atoms with E-state index < -0.39 is 0 Å². The van der Waals surface area contributed by atoms with Crippen molar-refractivity contribution < 1.29 is 14.2 Å². The average Bonchev–Trinajstić information content (AvgIpc) is 3.14. The summed E-state index contributed by atoms with van der Waals surface area (Å²) in [5.74, 6) is 4.63. The van der Waals surface area contributed by atoms with E-state index >= 15 is 0 Å². The van der Waals surface area contributed by atoms with Gasteiger partial charge < -0.3 is 24.4 Å². The maximum atomic E-state index is 5.46. The molecule has 28 heavy (non-hydrogen) atoms. The number of ether oxygens (including phenoxy) is 3. The largest absolute Gasteiger partial charge is 0.493 e. The Morgan fingerprint density at radius 1 is 1.04 bits per heavy atom. The zero-order valence-corrected chi connectivity index (χ0v) is 19.8. The second-order valence-electron chi connectivity index (χ2n) is 7.41. The summed E-state index contributed by atoms with van der Waals surface area (Å²) in [4.78, 5) is 7.36. The van der Waals surface area contributed by atoms with Gasteiger partial charge in [-0.25, -0.2) is 4.99 Å². The Hall–Kier alpha value is -1.38. The lowest BCUT2D eigenvalue weighted by Gasteiger charge is -2.22. The van der Waals surface area contributed by atoms with E-state index in [9.17, 15) is 0 Å². The van der Waals surface area contributed by atoms with E-state index in [2.05, 4.69) is 17.1 Å². The second-order valence-corrected chi connectivity index (χ2v) is 7.41. The van der Waals surface area contributed by atoms with E-state index in [-0.39, 0.29) is 24.0 Å². The van der Waals surface area contributed by atoms with Gasteiger partial charge >= 0.3 is 0 Å². The number of methoxy groups -OCH3 is 3. The first-order chi connectivity index (χ1) is 13.2. The number of aliphatic imine (C=N–C) groups is 1. The molecule has 7 heteroatoms. The molecule has 1 heterocycles. The van der Waals surface area contributed by atoms with Crippen molar-refractivity contribution in [3.05, 3.63) is 17.7 Å². The van der Waals surface area contributed by atoms with Crippen LogP contribution in [0.4, 0.5) is 0 Å². The van der Waals surface area contributed by atoms with Gasteiger partial charge in [-0.2, -0.15) is 0 Å². The Labute approximate surface area is 186 Å². The normalized spacial score (nSPS) is 21.6. The highest BCUT2D eigenvalue weighted by atomic mass is 127. The van der Waals surface area contributed by atoms with E-state index in [1.807, 2.05) is 12.1 Å². The molecule has 1 aromatic rings. The number of hydrogen-bond acceptors (Lipinski definition) is 4. The number of nitrogens with zero attached hydrogens (tertiary/aromatic N) is 2. The number of fused-ring (bicyclic) bond motifs is 1. The van der Waals surface area contributed by atoms with E-state index in [4.69, 9.17) is 19.2 Å². The van der Waals surface area contributed by atoms with Crippen molar-refractivity contribution in [1.29, 1.82) is 0 Å². The van der Waals surface area contributed by atoms with E-state index in [0.29, 0.717) is 23.8 Å². The third kappa shape index (κ3) is 5.15. The molecule has 2 aliphatic rings. The lowest BCUT2D eigenvalue weighted by Crippen LogP contribution is -2.40. The zero-order valence-electron chi connectivity index (χ0n) is 17.5. The molecule has 0 bridgehead atoms. The summed E-state index contributed by atoms with van der Waals surface area (Å²) in [6, 6.07) is 3.94. The minimum atomic E-state index is 0. The van der Waals surface area contributed by atoms with Crippen LogP contribution in [0.25, 0.3) is 0 Å². The van der Waals surface area contributed by atoms with Crippen molar-refractivity contribution in [1.82, 2.24) is 10.2 Å². The number of likely N-dealkylation sites (tertiary alicyclic amines) is 1. The molecule has 1 saturated heterocycles. The predicted octanol–water partition coefficient (Wildman–Crippen LogP) is 3.92. The van der Waals surface area contributed by atoms with Crippen LogP contribution < -0.4 is 19.5 Å². The number of nitrogens with one attached hydrogen (secondary N) is 1. The maximum absolute atomic E-state index is 5.46. The van der Waals surface area contributed by atoms with Gasteiger partial charge in [-0.3, -0.25) is 0 Å². The van der Waals surface area contributed by atoms with Crippen molar-refractivity contribution >= 4 is 29.9 Å². The molecule has 6 nitrogen and oxygen atoms in total. The Kier molecular flexibility index (Phi) is 8.98. The van der Waals surface area contributed by atoms with Crippen molar-refractivity contribution in [2.75, 3.05) is 41.0 Å². The van der Waals surface area contributed by atoms with Crippen molar-refractivity contribution in [3.8, 4) is 17.2 Å². The van der Waals surface area contributed by atoms with Crippen LogP contribution in [0, 0.1) is 11.8 Å². The van der Waals surface area contributed by atoms with E-state index in [0.717, 1.165) is 43.0 Å². The molecule has 1 aliphatic heterocycles. The van der Waals surface area contributed by atoms with Crippen LogP contribution in [-0.4, -0.2) is 51.8 Å². The van der Waals surface area contributed by atoms with Gasteiger partial charge in [0.15, 0.2) is 17.5 Å². The fraction of sp³-hybridized carbons (Fsp3) is 0.667. The molecule has 0 amide bonds. The molecule has 3 rings (SSSR count). The lowest BCUT2D eigenvalue weighted by molar-refractivity contribution is 0.299. The van der Waals surface area contributed by atoms with E-state index in [1.165, 1.54) is 25.7 Å². The number of hydrogen-bond donors (Lipinski definition) is 1. The highest BCUT2D eigenvalue weighted by molar-refractivity contribution is 14.0. The topological polar surface area (TPSA) is 55.3 Å². The van der Waals surface area contributed by atoms with Gasteiger partial charge in [0.1, 0.15) is 0 Å². The summed E-state index contributed by atoms with van der Waals surface area (Å²) in [6.07, 6.45) is 5.50. The summed E-state index contributed by atoms with van der Waals surface area (Å²) >= 11 is 0. The number of halogens is 1. The Bertz CT molecular complexity index is 629. The van der Waals surface area contributed by atoms with Crippen molar-refractivity contribution in [2.24, 2.45) is 16.8 Å². The molecule has 1 aliphatic carbocycles. The molecule has 0 spiro atoms. The first-order valence-electron chi connectivity index (χ1n) is 10.0. The molecule has 1 N–H and O–H groups in total. The highest BCUT2D eigenvalue weighted by Gasteiger charge is 2.35. The first-order valence-corrected chi connectivity index (χ1v) is 10.0. The number of rotatable bonds is 6. The summed E-state index contributed by atoms with van der Waals surface area (Å²) < 4.78 is 16.3. The predicted molar refractivity (Wildman–Crippen MR) is 123 cm³/mol. The summed E-state index contributed by atoms with van der Waals surface area (Å²) in [6.45, 7) is 5.83. The van der Waals surface area contributed by atoms with Crippen molar-refractivity contribution in [2.45, 2.75) is 39.2 Å². The van der Waals surface area contributed by atoms with Crippen LogP contribution >= 0.6 is 24.0 Å². The van der Waals surface area contributed by atoms with Gasteiger partial charge in [-0.1, -0.05) is 12.8 Å². The van der Waals surface area contributed by atoms with Crippen LogP contribution in [0.5, 0.6) is 17.2 Å². The summed E-state index contributed by atoms with van der Waals surface area (Å²) in [5.41, 5.74) is 1.04. The molecule has 0 radical (unpaired) electrons. The number of benzene rings is 1. The van der Waals surface area contributed by atoms with Crippen molar-refractivity contribution in [3.63, 3.8) is 0 Å². The second kappa shape index (κ2) is 11.0. The van der Waals surface area contributed by atoms with Gasteiger partial charge in [0.05, 0.1) is 27.9 Å². The van der Waals surface area contributed by atoms with E-state index in [1.54, 1.807) is 21.3 Å². The summed E-state index contributed by atoms with van der Waals surface area (Å²) in [5, 5.41) is 3.47. The molecule has 1 saturated carbocycles. The first kappa shape index (κ1) is 22.9. The van der Waals surface area contributed by atoms with Gasteiger partial charge in [-0.05, 0) is 49.3 Å². The van der Waals surface area contributed by atoms with Crippen LogP contribution in [-0.2, 0) is 6.54 Å². The quantitative estimate of drug-likeness (QED) is 0.363. The molecular formula is C21H34IN3O3. The van der Waals surface area contributed by atoms with Crippen LogP contribution in [0.15, 0.2) is 17.1 Å². The van der Waals surface area contributed by atoms with Gasteiger partial charge in [0.2, 0.25) is 5.75 Å². The van der Waals surface area contributed by atoms with Gasteiger partial charge in [0.25, 0.3) is 0 Å². The smallest absolute Gasteiger partial charge is 0.203 e. The Balaban J connectivity index is 0.00000280. The Morgan fingerprint density at radius 3 is 2.07 bits per heavy atom. The molecule has 158 valence electrons. The summed E-state index contributed by atoms with van der Waals surface area (Å²) in [7, 11) is 4.90. The van der Waals surface area contributed by atoms with Gasteiger partial charge in [-0.15, -0.1) is 24.0 Å². The maximum Gasteiger partial charge on any atom is 0.203 e. The molecule has 2 atom stereocenters. The third-order valence-electron chi connectivity index (χ3n) is 5.75. The molecule has 2 unspecified atom stereocenters. The fourth-order valence-electron chi connectivity index (χ4n) is 4.40. The van der Waals surface area contributed by atoms with Crippen LogP contribution in [0.2, 0.25) is 0 Å². The fourth-order valence-corrected chi connectivity index (χ4v) is 4.40. The third-order valence-corrected chi connectivity index (χ3v) is 5.75. The average molecular weight is 503 g/mol. The zero-order chi connectivity index (χ0) is 19.2. The SMILES string of the molecule is CCNC(=NCc1cc(OC)c(OC)c(OC)c1)N1CC2CCCCC2C1.I. The highest BCUT2D eigenvalue weighted by Crippen LogP contribution is 2.39. The lowest BCUT2D eigenvalue weighted by atomic mass is 9.82. The van der Waals surface area contributed by atoms with Gasteiger partial charge in [0, 0.05) is 19.6 Å². The molecular weight excluding hydrogens is 469 g/mol. The molecule has 1 aromatic carbocycles.